The Kier molecular flexibility index (Phi) is 7.14. The molecule has 3 aromatic rings. The van der Waals surface area contributed by atoms with Gasteiger partial charge >= 0.3 is 0 Å². The molecule has 0 atom stereocenters. The Hall–Kier alpha value is -3.44. The van der Waals surface area contributed by atoms with Crippen molar-refractivity contribution in [3.8, 4) is 0 Å². The molecule has 148 valence electrons. The molecule has 0 aliphatic heterocycles. The Morgan fingerprint density at radius 2 is 1.34 bits per heavy atom. The first-order valence-electron chi connectivity index (χ1n) is 9.43. The van der Waals surface area contributed by atoms with Gasteiger partial charge in [-0.15, -0.1) is 0 Å². The number of nitrogens with zero attached hydrogens (tertiary/aromatic N) is 1. The molecule has 0 aromatic heterocycles. The highest BCUT2D eigenvalue weighted by atomic mass is 16.5. The summed E-state index contributed by atoms with van der Waals surface area (Å²) >= 11 is 0. The summed E-state index contributed by atoms with van der Waals surface area (Å²) in [6.45, 7) is 1.04. The number of nitrogens with one attached hydrogen (secondary N) is 1. The van der Waals surface area contributed by atoms with Gasteiger partial charge in [0.05, 0.1) is 19.8 Å². The second kappa shape index (κ2) is 10.2. The average Bonchev–Trinajstić information content (AvgIpc) is 2.75. The Morgan fingerprint density at radius 3 is 1.97 bits per heavy atom. The van der Waals surface area contributed by atoms with E-state index < -0.39 is 0 Å². The average molecular weight is 388 g/mol. The molecule has 29 heavy (non-hydrogen) atoms. The fourth-order valence-corrected chi connectivity index (χ4v) is 2.83. The van der Waals surface area contributed by atoms with E-state index in [0.29, 0.717) is 24.5 Å². The largest absolute Gasteiger partial charge is 0.372 e. The summed E-state index contributed by atoms with van der Waals surface area (Å²) in [6.07, 6.45) is 0. The van der Waals surface area contributed by atoms with Gasteiger partial charge in [-0.05, 0) is 35.4 Å². The summed E-state index contributed by atoms with van der Waals surface area (Å²) < 4.78 is 5.72. The lowest BCUT2D eigenvalue weighted by Gasteiger charge is -2.17. The molecule has 3 rings (SSSR count). The van der Waals surface area contributed by atoms with Crippen molar-refractivity contribution in [3.63, 3.8) is 0 Å². The van der Waals surface area contributed by atoms with Gasteiger partial charge in [0.2, 0.25) is 5.91 Å². The second-order valence-electron chi connectivity index (χ2n) is 6.75. The summed E-state index contributed by atoms with van der Waals surface area (Å²) in [5.41, 5.74) is 3.39. The number of amides is 2. The van der Waals surface area contributed by atoms with Crippen molar-refractivity contribution in [2.24, 2.45) is 0 Å². The van der Waals surface area contributed by atoms with Crippen LogP contribution in [0, 0.1) is 0 Å². The van der Waals surface area contributed by atoms with Crippen LogP contribution in [0.5, 0.6) is 0 Å². The number of anilines is 1. The molecular formula is C24H24N2O3. The number of carbonyl (C=O) groups excluding carboxylic acids is 2. The highest BCUT2D eigenvalue weighted by Crippen LogP contribution is 2.12. The minimum absolute atomic E-state index is 0.0182. The maximum absolute atomic E-state index is 12.3. The first kappa shape index (κ1) is 20.3. The lowest BCUT2D eigenvalue weighted by molar-refractivity contribution is -0.116. The first-order chi connectivity index (χ1) is 14.1. The van der Waals surface area contributed by atoms with Gasteiger partial charge < -0.3 is 15.0 Å². The molecule has 0 aliphatic carbocycles. The van der Waals surface area contributed by atoms with Crippen molar-refractivity contribution in [1.82, 2.24) is 4.90 Å². The Labute approximate surface area is 170 Å². The number of carbonyl (C=O) groups is 2. The third-order valence-corrected chi connectivity index (χ3v) is 4.37. The van der Waals surface area contributed by atoms with Gasteiger partial charge in [-0.1, -0.05) is 60.7 Å². The maximum Gasteiger partial charge on any atom is 0.254 e. The number of hydrogen-bond acceptors (Lipinski definition) is 3. The SMILES string of the molecule is CN(CC(=O)Nc1ccc(COCc2ccccc2)cc1)C(=O)c1ccccc1. The molecule has 3 aromatic carbocycles. The molecule has 0 bridgehead atoms. The van der Waals surface area contributed by atoms with Crippen LogP contribution < -0.4 is 5.32 Å². The van der Waals surface area contributed by atoms with E-state index >= 15 is 0 Å². The standard InChI is InChI=1S/C24H24N2O3/c1-26(24(28)21-10-6-3-7-11-21)16-23(27)25-22-14-12-20(13-15-22)18-29-17-19-8-4-2-5-9-19/h2-15H,16-18H2,1H3,(H,25,27). The van der Waals surface area contributed by atoms with E-state index in [-0.39, 0.29) is 18.4 Å². The maximum atomic E-state index is 12.3. The van der Waals surface area contributed by atoms with E-state index in [1.54, 1.807) is 31.3 Å². The lowest BCUT2D eigenvalue weighted by atomic mass is 10.2. The van der Waals surface area contributed by atoms with Crippen molar-refractivity contribution in [3.05, 3.63) is 102 Å². The molecule has 0 aliphatic rings. The van der Waals surface area contributed by atoms with Crippen molar-refractivity contribution >= 4 is 17.5 Å². The van der Waals surface area contributed by atoms with Gasteiger partial charge in [0.1, 0.15) is 0 Å². The quantitative estimate of drug-likeness (QED) is 0.632. The summed E-state index contributed by atoms with van der Waals surface area (Å²) in [5.74, 6) is -0.434. The zero-order valence-corrected chi connectivity index (χ0v) is 16.4. The monoisotopic (exact) mass is 388 g/mol. The Morgan fingerprint density at radius 1 is 0.793 bits per heavy atom. The van der Waals surface area contributed by atoms with Crippen molar-refractivity contribution in [2.45, 2.75) is 13.2 Å². The normalized spacial score (nSPS) is 10.4. The number of hydrogen-bond donors (Lipinski definition) is 1. The smallest absolute Gasteiger partial charge is 0.254 e. The summed E-state index contributed by atoms with van der Waals surface area (Å²) in [6, 6.07) is 26.4. The van der Waals surface area contributed by atoms with Crippen molar-refractivity contribution < 1.29 is 14.3 Å². The minimum atomic E-state index is -0.246. The van der Waals surface area contributed by atoms with Gasteiger partial charge in [-0.2, -0.15) is 0 Å². The second-order valence-corrected chi connectivity index (χ2v) is 6.75. The molecular weight excluding hydrogens is 364 g/mol. The molecule has 0 radical (unpaired) electrons. The van der Waals surface area contributed by atoms with Crippen LogP contribution in [0.25, 0.3) is 0 Å². The molecule has 0 heterocycles. The van der Waals surface area contributed by atoms with Crippen molar-refractivity contribution in [2.75, 3.05) is 18.9 Å². The van der Waals surface area contributed by atoms with Crippen LogP contribution in [0.4, 0.5) is 5.69 Å². The predicted molar refractivity (Wildman–Crippen MR) is 113 cm³/mol. The van der Waals surface area contributed by atoms with Crippen LogP contribution in [-0.4, -0.2) is 30.3 Å². The highest BCUT2D eigenvalue weighted by Gasteiger charge is 2.14. The van der Waals surface area contributed by atoms with Gasteiger partial charge in [0, 0.05) is 18.3 Å². The molecule has 0 saturated heterocycles. The molecule has 5 heteroatoms. The summed E-state index contributed by atoms with van der Waals surface area (Å²) in [4.78, 5) is 26.0. The Bertz CT molecular complexity index is 925. The zero-order valence-electron chi connectivity index (χ0n) is 16.4. The lowest BCUT2D eigenvalue weighted by Crippen LogP contribution is -2.34. The third kappa shape index (κ3) is 6.30. The van der Waals surface area contributed by atoms with Crippen LogP contribution in [0.3, 0.4) is 0 Å². The van der Waals surface area contributed by atoms with E-state index in [1.165, 1.54) is 4.90 Å². The van der Waals surface area contributed by atoms with Crippen LogP contribution >= 0.6 is 0 Å². The molecule has 0 saturated carbocycles. The van der Waals surface area contributed by atoms with Crippen LogP contribution in [-0.2, 0) is 22.7 Å². The van der Waals surface area contributed by atoms with Crippen molar-refractivity contribution in [1.29, 1.82) is 0 Å². The van der Waals surface area contributed by atoms with Gasteiger partial charge in [-0.25, -0.2) is 0 Å². The van der Waals surface area contributed by atoms with Crippen LogP contribution in [0.2, 0.25) is 0 Å². The molecule has 0 fully saturated rings. The number of benzene rings is 3. The molecule has 5 nitrogen and oxygen atoms in total. The van der Waals surface area contributed by atoms with E-state index in [0.717, 1.165) is 11.1 Å². The molecule has 0 spiro atoms. The third-order valence-electron chi connectivity index (χ3n) is 4.37. The first-order valence-corrected chi connectivity index (χ1v) is 9.43. The number of likely N-dealkylation sites (N-methyl/N-ethyl adjacent to an activating group) is 1. The van der Waals surface area contributed by atoms with E-state index in [4.69, 9.17) is 4.74 Å². The van der Waals surface area contributed by atoms with E-state index in [2.05, 4.69) is 5.32 Å². The molecule has 0 unspecified atom stereocenters. The molecule has 2 amide bonds. The van der Waals surface area contributed by atoms with Gasteiger partial charge in [0.25, 0.3) is 5.91 Å². The fourth-order valence-electron chi connectivity index (χ4n) is 2.83. The van der Waals surface area contributed by atoms with Gasteiger partial charge in [0.15, 0.2) is 0 Å². The fraction of sp³-hybridized carbons (Fsp3) is 0.167. The van der Waals surface area contributed by atoms with Crippen LogP contribution in [0.15, 0.2) is 84.9 Å². The van der Waals surface area contributed by atoms with E-state index in [1.807, 2.05) is 60.7 Å². The van der Waals surface area contributed by atoms with Crippen LogP contribution in [0.1, 0.15) is 21.5 Å². The Balaban J connectivity index is 1.45. The van der Waals surface area contributed by atoms with E-state index in [9.17, 15) is 9.59 Å². The summed E-state index contributed by atoms with van der Waals surface area (Å²) in [7, 11) is 1.61. The van der Waals surface area contributed by atoms with Gasteiger partial charge in [-0.3, -0.25) is 9.59 Å². The zero-order chi connectivity index (χ0) is 20.5. The molecule has 1 N–H and O–H groups in total. The number of rotatable bonds is 8. The number of ether oxygens (including phenoxy) is 1. The highest BCUT2D eigenvalue weighted by molar-refractivity contribution is 5.99. The topological polar surface area (TPSA) is 58.6 Å². The minimum Gasteiger partial charge on any atom is -0.372 e. The summed E-state index contributed by atoms with van der Waals surface area (Å²) in [5, 5.41) is 2.81. The predicted octanol–water partition coefficient (Wildman–Crippen LogP) is 4.11.